The number of amides is 3. The summed E-state index contributed by atoms with van der Waals surface area (Å²) in [6.07, 6.45) is 1.54. The minimum atomic E-state index is -0.580. The highest BCUT2D eigenvalue weighted by molar-refractivity contribution is 7.80. The molecular weight excluding hydrogens is 460 g/mol. The average molecular weight is 479 g/mol. The van der Waals surface area contributed by atoms with Crippen molar-refractivity contribution in [2.75, 3.05) is 4.90 Å². The first-order valence-electron chi connectivity index (χ1n) is 9.94. The van der Waals surface area contributed by atoms with E-state index >= 15 is 0 Å². The molecule has 0 aliphatic carbocycles. The summed E-state index contributed by atoms with van der Waals surface area (Å²) in [6.45, 7) is 3.79. The van der Waals surface area contributed by atoms with E-state index in [4.69, 9.17) is 29.6 Å². The first-order chi connectivity index (χ1) is 15.7. The zero-order chi connectivity index (χ0) is 23.9. The molecule has 0 radical (unpaired) electrons. The Morgan fingerprint density at radius 1 is 1.09 bits per heavy atom. The summed E-state index contributed by atoms with van der Waals surface area (Å²) in [4.78, 5) is 38.5. The van der Waals surface area contributed by atoms with Gasteiger partial charge in [-0.15, -0.1) is 0 Å². The molecular formula is C24H19ClN4O3S. The van der Waals surface area contributed by atoms with Crippen LogP contribution >= 0.6 is 23.8 Å². The minimum Gasteiger partial charge on any atom is -0.366 e. The van der Waals surface area contributed by atoms with Gasteiger partial charge in [-0.05, 0) is 80.2 Å². The van der Waals surface area contributed by atoms with Gasteiger partial charge in [0, 0.05) is 22.6 Å². The highest BCUT2D eigenvalue weighted by Crippen LogP contribution is 2.30. The van der Waals surface area contributed by atoms with Crippen LogP contribution in [0, 0.1) is 13.8 Å². The molecule has 1 saturated heterocycles. The molecule has 3 aromatic rings. The highest BCUT2D eigenvalue weighted by atomic mass is 35.5. The van der Waals surface area contributed by atoms with E-state index in [1.165, 1.54) is 4.90 Å². The van der Waals surface area contributed by atoms with Gasteiger partial charge in [-0.1, -0.05) is 23.7 Å². The lowest BCUT2D eigenvalue weighted by molar-refractivity contribution is -0.122. The average Bonchev–Trinajstić information content (AvgIpc) is 3.05. The topological polar surface area (TPSA) is 97.4 Å². The fraction of sp³-hybridized carbons (Fsp3) is 0.0833. The predicted molar refractivity (Wildman–Crippen MR) is 131 cm³/mol. The molecule has 1 aliphatic heterocycles. The van der Waals surface area contributed by atoms with Gasteiger partial charge in [0.05, 0.1) is 10.7 Å². The van der Waals surface area contributed by atoms with Gasteiger partial charge in [-0.2, -0.15) is 0 Å². The van der Waals surface area contributed by atoms with E-state index in [0.717, 1.165) is 17.1 Å². The van der Waals surface area contributed by atoms with Gasteiger partial charge in [0.1, 0.15) is 5.57 Å². The molecule has 9 heteroatoms. The van der Waals surface area contributed by atoms with Crippen molar-refractivity contribution >= 4 is 58.4 Å². The van der Waals surface area contributed by atoms with Crippen molar-refractivity contribution in [2.24, 2.45) is 5.73 Å². The van der Waals surface area contributed by atoms with Crippen molar-refractivity contribution in [3.05, 3.63) is 87.7 Å². The van der Waals surface area contributed by atoms with Crippen LogP contribution in [-0.2, 0) is 9.59 Å². The molecule has 1 aliphatic rings. The number of aryl methyl sites for hydroxylation is 1. The van der Waals surface area contributed by atoms with E-state index in [2.05, 4.69) is 5.32 Å². The first kappa shape index (κ1) is 22.4. The van der Waals surface area contributed by atoms with Gasteiger partial charge in [0.25, 0.3) is 11.8 Å². The lowest BCUT2D eigenvalue weighted by Gasteiger charge is -2.29. The summed E-state index contributed by atoms with van der Waals surface area (Å²) in [6, 6.07) is 15.5. The Hall–Kier alpha value is -3.75. The number of rotatable bonds is 4. The number of hydrogen-bond acceptors (Lipinski definition) is 4. The summed E-state index contributed by atoms with van der Waals surface area (Å²) < 4.78 is 1.96. The van der Waals surface area contributed by atoms with Gasteiger partial charge >= 0.3 is 0 Å². The van der Waals surface area contributed by atoms with Crippen LogP contribution in [0.3, 0.4) is 0 Å². The van der Waals surface area contributed by atoms with Crippen LogP contribution in [0.1, 0.15) is 27.3 Å². The van der Waals surface area contributed by atoms with Gasteiger partial charge < -0.3 is 10.3 Å². The maximum absolute atomic E-state index is 13.3. The Kier molecular flexibility index (Phi) is 5.88. The number of para-hydroxylation sites is 1. The van der Waals surface area contributed by atoms with Crippen molar-refractivity contribution < 1.29 is 14.4 Å². The molecule has 0 atom stereocenters. The quantitative estimate of drug-likeness (QED) is 0.339. The Morgan fingerprint density at radius 2 is 1.76 bits per heavy atom. The first-order valence-corrected chi connectivity index (χ1v) is 10.7. The smallest absolute Gasteiger partial charge is 0.270 e. The summed E-state index contributed by atoms with van der Waals surface area (Å²) >= 11 is 11.5. The van der Waals surface area contributed by atoms with E-state index in [0.29, 0.717) is 21.8 Å². The number of nitrogens with zero attached hydrogens (tertiary/aromatic N) is 2. The molecule has 0 bridgehead atoms. The second-order valence-electron chi connectivity index (χ2n) is 7.48. The number of nitrogens with one attached hydrogen (secondary N) is 1. The van der Waals surface area contributed by atoms with Crippen molar-refractivity contribution in [1.29, 1.82) is 0 Å². The van der Waals surface area contributed by atoms with Crippen LogP contribution in [0.4, 0.5) is 5.69 Å². The third-order valence-corrected chi connectivity index (χ3v) is 5.98. The van der Waals surface area contributed by atoms with Crippen molar-refractivity contribution in [2.45, 2.75) is 13.8 Å². The molecule has 1 aromatic heterocycles. The number of hydrogen-bond donors (Lipinski definition) is 2. The number of benzene rings is 2. The predicted octanol–water partition coefficient (Wildman–Crippen LogP) is 3.68. The third-order valence-electron chi connectivity index (χ3n) is 5.38. The molecule has 3 amide bonds. The van der Waals surface area contributed by atoms with Gasteiger partial charge in [0.2, 0.25) is 5.91 Å². The number of primary amides is 1. The van der Waals surface area contributed by atoms with E-state index in [1.807, 2.05) is 24.5 Å². The van der Waals surface area contributed by atoms with Crippen molar-refractivity contribution in [3.63, 3.8) is 0 Å². The SMILES string of the molecule is Cc1cc(/C=C2\C(=O)NC(=S)N(c3ccccc3Cl)C2=O)c(C)n1-c1ccc(C(N)=O)cc1. The molecule has 0 unspecified atom stereocenters. The second-order valence-corrected chi connectivity index (χ2v) is 8.28. The molecule has 1 fully saturated rings. The number of anilines is 1. The largest absolute Gasteiger partial charge is 0.366 e. The molecule has 0 saturated carbocycles. The fourth-order valence-electron chi connectivity index (χ4n) is 3.77. The van der Waals surface area contributed by atoms with Crippen LogP contribution in [0.2, 0.25) is 5.02 Å². The molecule has 4 rings (SSSR count). The normalized spacial score (nSPS) is 15.2. The monoisotopic (exact) mass is 478 g/mol. The Bertz CT molecular complexity index is 1360. The Labute approximate surface area is 200 Å². The van der Waals surface area contributed by atoms with Gasteiger partial charge in [-0.3, -0.25) is 24.6 Å². The number of nitrogens with two attached hydrogens (primary N) is 1. The minimum absolute atomic E-state index is 0.0322. The number of carbonyl (C=O) groups is 3. The molecule has 7 nitrogen and oxygen atoms in total. The van der Waals surface area contributed by atoms with Crippen LogP contribution in [0.25, 0.3) is 11.8 Å². The fourth-order valence-corrected chi connectivity index (χ4v) is 4.26. The lowest BCUT2D eigenvalue weighted by atomic mass is 10.1. The van der Waals surface area contributed by atoms with Crippen LogP contribution < -0.4 is 16.0 Å². The maximum atomic E-state index is 13.3. The second kappa shape index (κ2) is 8.65. The molecule has 2 heterocycles. The number of aromatic nitrogens is 1. The molecule has 166 valence electrons. The van der Waals surface area contributed by atoms with Crippen molar-refractivity contribution in [3.8, 4) is 5.69 Å². The zero-order valence-electron chi connectivity index (χ0n) is 17.8. The molecule has 2 aromatic carbocycles. The summed E-state index contributed by atoms with van der Waals surface area (Å²) in [5, 5.41) is 2.87. The Morgan fingerprint density at radius 3 is 2.39 bits per heavy atom. The summed E-state index contributed by atoms with van der Waals surface area (Å²) in [5.41, 5.74) is 9.26. The number of carbonyl (C=O) groups excluding carboxylic acids is 3. The van der Waals surface area contributed by atoms with Crippen LogP contribution in [0.15, 0.2) is 60.2 Å². The maximum Gasteiger partial charge on any atom is 0.270 e. The van der Waals surface area contributed by atoms with E-state index in [9.17, 15) is 14.4 Å². The van der Waals surface area contributed by atoms with Crippen LogP contribution in [-0.4, -0.2) is 27.4 Å². The van der Waals surface area contributed by atoms with Crippen molar-refractivity contribution in [1.82, 2.24) is 9.88 Å². The van der Waals surface area contributed by atoms with Gasteiger partial charge in [0.15, 0.2) is 5.11 Å². The van der Waals surface area contributed by atoms with E-state index in [1.54, 1.807) is 54.6 Å². The Balaban J connectivity index is 1.75. The molecule has 0 spiro atoms. The van der Waals surface area contributed by atoms with Gasteiger partial charge in [-0.25, -0.2) is 0 Å². The number of halogens is 1. The lowest BCUT2D eigenvalue weighted by Crippen LogP contribution is -2.54. The summed E-state index contributed by atoms with van der Waals surface area (Å²) in [5.74, 6) is -1.65. The molecule has 3 N–H and O–H groups in total. The standard InChI is InChI=1S/C24H19ClN4O3S/c1-13-11-16(14(2)28(13)17-9-7-15(8-10-17)21(26)30)12-18-22(31)27-24(33)29(23(18)32)20-6-4-3-5-19(20)25/h3-12H,1-2H3,(H2,26,30)(H,27,31,33)/b18-12+. The number of thiocarbonyl (C=S) groups is 1. The zero-order valence-corrected chi connectivity index (χ0v) is 19.3. The van der Waals surface area contributed by atoms with E-state index in [-0.39, 0.29) is 10.7 Å². The van der Waals surface area contributed by atoms with Crippen LogP contribution in [0.5, 0.6) is 0 Å². The third kappa shape index (κ3) is 4.06. The molecule has 33 heavy (non-hydrogen) atoms. The van der Waals surface area contributed by atoms with E-state index < -0.39 is 17.7 Å². The highest BCUT2D eigenvalue weighted by Gasteiger charge is 2.35. The summed E-state index contributed by atoms with van der Waals surface area (Å²) in [7, 11) is 0.